The summed E-state index contributed by atoms with van der Waals surface area (Å²) < 4.78 is 89.6. The molecule has 0 atom stereocenters. The van der Waals surface area contributed by atoms with Gasteiger partial charge in [-0.1, -0.05) is 36.4 Å². The van der Waals surface area contributed by atoms with Crippen LogP contribution in [0.2, 0.25) is 0 Å². The van der Waals surface area contributed by atoms with Gasteiger partial charge in [-0.2, -0.15) is 31.4 Å². The zero-order chi connectivity index (χ0) is 32.1. The Balaban J connectivity index is 1.27. The SMILES string of the molecule is O=C(O)c1cnn(-c2cccc(-c3cccc(C(F)(F)F)c3OCc3ccc(C4CN(C(=O)C5CC5)C4)cc3)n2)c1C(F)(F)F. The van der Waals surface area contributed by atoms with E-state index in [-0.39, 0.29) is 40.3 Å². The largest absolute Gasteiger partial charge is 0.488 e. The Labute approximate surface area is 251 Å². The highest BCUT2D eigenvalue weighted by Gasteiger charge is 2.42. The molecule has 2 aliphatic rings. The monoisotopic (exact) mass is 630 g/mol. The second-order valence-electron chi connectivity index (χ2n) is 10.9. The van der Waals surface area contributed by atoms with Gasteiger partial charge in [-0.05, 0) is 48.2 Å². The van der Waals surface area contributed by atoms with Gasteiger partial charge in [-0.15, -0.1) is 0 Å². The number of hydrogen-bond acceptors (Lipinski definition) is 5. The molecule has 234 valence electrons. The minimum absolute atomic E-state index is 0.141. The van der Waals surface area contributed by atoms with Crippen molar-refractivity contribution in [3.63, 3.8) is 0 Å². The molecule has 1 aliphatic heterocycles. The predicted octanol–water partition coefficient (Wildman–Crippen LogP) is 6.58. The first-order valence-electron chi connectivity index (χ1n) is 13.9. The molecule has 8 nitrogen and oxygen atoms in total. The average molecular weight is 631 g/mol. The van der Waals surface area contributed by atoms with Crippen LogP contribution in [0.1, 0.15) is 51.5 Å². The molecule has 0 unspecified atom stereocenters. The Morgan fingerprint density at radius 2 is 1.60 bits per heavy atom. The van der Waals surface area contributed by atoms with Gasteiger partial charge in [0.2, 0.25) is 5.91 Å². The molecule has 0 spiro atoms. The minimum Gasteiger partial charge on any atom is -0.488 e. The Bertz CT molecular complexity index is 1760. The van der Waals surface area contributed by atoms with Crippen molar-refractivity contribution >= 4 is 11.9 Å². The van der Waals surface area contributed by atoms with E-state index in [2.05, 4.69) is 10.1 Å². The third-order valence-electron chi connectivity index (χ3n) is 7.77. The summed E-state index contributed by atoms with van der Waals surface area (Å²) in [5, 5.41) is 12.8. The number of halogens is 6. The van der Waals surface area contributed by atoms with Gasteiger partial charge in [0, 0.05) is 30.5 Å². The summed E-state index contributed by atoms with van der Waals surface area (Å²) in [6, 6.07) is 14.1. The van der Waals surface area contributed by atoms with E-state index in [1.807, 2.05) is 17.0 Å². The summed E-state index contributed by atoms with van der Waals surface area (Å²) in [5.74, 6) is -2.37. The van der Waals surface area contributed by atoms with Crippen molar-refractivity contribution in [3.8, 4) is 22.8 Å². The molecule has 14 heteroatoms. The summed E-state index contributed by atoms with van der Waals surface area (Å²) in [7, 11) is 0. The summed E-state index contributed by atoms with van der Waals surface area (Å²) in [5.41, 5.74) is -2.53. The molecule has 0 radical (unpaired) electrons. The summed E-state index contributed by atoms with van der Waals surface area (Å²) in [6.07, 6.45) is -7.55. The number of carboxylic acid groups (broad SMARTS) is 1. The number of aromatic nitrogens is 3. The summed E-state index contributed by atoms with van der Waals surface area (Å²) >= 11 is 0. The molecule has 1 N–H and O–H groups in total. The molecule has 1 saturated carbocycles. The van der Waals surface area contributed by atoms with Crippen LogP contribution in [0.5, 0.6) is 5.75 Å². The molecule has 3 heterocycles. The number of carbonyl (C=O) groups is 2. The van der Waals surface area contributed by atoms with E-state index in [9.17, 15) is 41.0 Å². The molecule has 1 amide bonds. The molecule has 0 bridgehead atoms. The third-order valence-corrected chi connectivity index (χ3v) is 7.77. The van der Waals surface area contributed by atoms with E-state index in [0.29, 0.717) is 24.8 Å². The van der Waals surface area contributed by atoms with Gasteiger partial charge in [-0.25, -0.2) is 14.5 Å². The van der Waals surface area contributed by atoms with Gasteiger partial charge in [0.15, 0.2) is 11.5 Å². The van der Waals surface area contributed by atoms with Gasteiger partial charge in [0.25, 0.3) is 0 Å². The number of ether oxygens (including phenoxy) is 1. The van der Waals surface area contributed by atoms with E-state index in [1.54, 1.807) is 12.1 Å². The maximum absolute atomic E-state index is 14.1. The minimum atomic E-state index is -5.12. The van der Waals surface area contributed by atoms with Gasteiger partial charge < -0.3 is 14.7 Å². The molecule has 2 fully saturated rings. The lowest BCUT2D eigenvalue weighted by molar-refractivity contribution is -0.143. The fourth-order valence-corrected chi connectivity index (χ4v) is 5.26. The van der Waals surface area contributed by atoms with E-state index in [1.165, 1.54) is 18.2 Å². The van der Waals surface area contributed by atoms with Crippen molar-refractivity contribution in [2.45, 2.75) is 37.7 Å². The quantitative estimate of drug-likeness (QED) is 0.221. The van der Waals surface area contributed by atoms with Crippen molar-refractivity contribution in [3.05, 3.63) is 94.8 Å². The summed E-state index contributed by atoms with van der Waals surface area (Å²) in [6.45, 7) is 0.997. The summed E-state index contributed by atoms with van der Waals surface area (Å²) in [4.78, 5) is 29.5. The van der Waals surface area contributed by atoms with Crippen molar-refractivity contribution in [1.82, 2.24) is 19.7 Å². The van der Waals surface area contributed by atoms with E-state index in [0.717, 1.165) is 36.6 Å². The predicted molar refractivity (Wildman–Crippen MR) is 147 cm³/mol. The van der Waals surface area contributed by atoms with E-state index in [4.69, 9.17) is 4.74 Å². The highest BCUT2D eigenvalue weighted by atomic mass is 19.4. The first-order valence-corrected chi connectivity index (χ1v) is 13.9. The number of likely N-dealkylation sites (tertiary alicyclic amines) is 1. The smallest absolute Gasteiger partial charge is 0.434 e. The number of carbonyl (C=O) groups excluding carboxylic acids is 1. The lowest BCUT2D eigenvalue weighted by atomic mass is 9.90. The van der Waals surface area contributed by atoms with Crippen molar-refractivity contribution in [2.75, 3.05) is 13.1 Å². The topological polar surface area (TPSA) is 97.5 Å². The van der Waals surface area contributed by atoms with Crippen LogP contribution in [-0.2, 0) is 23.8 Å². The Kier molecular flexibility index (Phi) is 7.53. The second kappa shape index (κ2) is 11.2. The number of rotatable bonds is 8. The maximum Gasteiger partial charge on any atom is 0.434 e. The first kappa shape index (κ1) is 30.2. The van der Waals surface area contributed by atoms with E-state index < -0.39 is 46.7 Å². The number of hydrogen-bond donors (Lipinski definition) is 1. The Morgan fingerprint density at radius 3 is 2.22 bits per heavy atom. The molecular formula is C31H24F6N4O4. The van der Waals surface area contributed by atoms with Crippen LogP contribution < -0.4 is 4.74 Å². The molecule has 4 aromatic rings. The van der Waals surface area contributed by atoms with Crippen LogP contribution in [0, 0.1) is 5.92 Å². The van der Waals surface area contributed by atoms with Crippen LogP contribution >= 0.6 is 0 Å². The van der Waals surface area contributed by atoms with Crippen LogP contribution in [0.15, 0.2) is 66.9 Å². The van der Waals surface area contributed by atoms with Gasteiger partial charge in [-0.3, -0.25) is 4.79 Å². The highest BCUT2D eigenvalue weighted by molar-refractivity contribution is 5.89. The molecular weight excluding hydrogens is 606 g/mol. The lowest BCUT2D eigenvalue weighted by Gasteiger charge is -2.39. The first-order chi connectivity index (χ1) is 21.3. The zero-order valence-electron chi connectivity index (χ0n) is 23.3. The number of para-hydroxylation sites is 1. The number of amides is 1. The molecule has 6 rings (SSSR count). The lowest BCUT2D eigenvalue weighted by Crippen LogP contribution is -2.49. The number of pyridine rings is 1. The normalized spacial score (nSPS) is 15.6. The molecule has 2 aromatic heterocycles. The highest BCUT2D eigenvalue weighted by Crippen LogP contribution is 2.43. The molecule has 1 aliphatic carbocycles. The fraction of sp³-hybridized carbons (Fsp3) is 0.290. The Morgan fingerprint density at radius 1 is 0.911 bits per heavy atom. The molecule has 1 saturated heterocycles. The van der Waals surface area contributed by atoms with Crippen LogP contribution in [0.4, 0.5) is 26.3 Å². The van der Waals surface area contributed by atoms with Crippen LogP contribution in [-0.4, -0.2) is 49.7 Å². The van der Waals surface area contributed by atoms with Gasteiger partial charge >= 0.3 is 18.3 Å². The van der Waals surface area contributed by atoms with Crippen molar-refractivity contribution < 1.29 is 45.8 Å². The standard InChI is InChI=1S/C31H24F6N4O4/c32-30(33,34)23-4-1-3-21(24-5-2-6-25(39-24)41-27(31(35,36)37)22(13-38-41)29(43)44)26(23)45-16-17-7-9-18(10-8-17)20-14-40(15-20)28(42)19-11-12-19/h1-10,13,19-20H,11-12,14-16H2,(H,43,44). The number of carboxylic acids is 1. The third kappa shape index (κ3) is 6.08. The maximum atomic E-state index is 14.1. The molecule has 2 aromatic carbocycles. The Hall–Kier alpha value is -4.88. The zero-order valence-corrected chi connectivity index (χ0v) is 23.3. The van der Waals surface area contributed by atoms with Crippen molar-refractivity contribution in [1.29, 1.82) is 0 Å². The van der Waals surface area contributed by atoms with Gasteiger partial charge in [0.05, 0.1) is 17.5 Å². The van der Waals surface area contributed by atoms with Crippen molar-refractivity contribution in [2.24, 2.45) is 5.92 Å². The number of benzene rings is 2. The average Bonchev–Trinajstić information content (AvgIpc) is 3.71. The van der Waals surface area contributed by atoms with Crippen LogP contribution in [0.3, 0.4) is 0 Å². The van der Waals surface area contributed by atoms with E-state index >= 15 is 0 Å². The number of nitrogens with zero attached hydrogens (tertiary/aromatic N) is 4. The number of alkyl halides is 6. The second-order valence-corrected chi connectivity index (χ2v) is 10.9. The van der Waals surface area contributed by atoms with Crippen LogP contribution in [0.25, 0.3) is 17.1 Å². The number of aromatic carboxylic acids is 1. The molecule has 45 heavy (non-hydrogen) atoms. The fourth-order valence-electron chi connectivity index (χ4n) is 5.26. The van der Waals surface area contributed by atoms with Gasteiger partial charge in [0.1, 0.15) is 17.9 Å².